The summed E-state index contributed by atoms with van der Waals surface area (Å²) in [6.45, 7) is 8.12. The van der Waals surface area contributed by atoms with Gasteiger partial charge >= 0.3 is 0 Å². The molecule has 3 aromatic rings. The molecule has 0 bridgehead atoms. The number of aryl methyl sites for hydroxylation is 1. The molecule has 0 saturated carbocycles. The van der Waals surface area contributed by atoms with Gasteiger partial charge in [-0.05, 0) is 74.2 Å². The Morgan fingerprint density at radius 3 is 2.62 bits per heavy atom. The summed E-state index contributed by atoms with van der Waals surface area (Å²) in [7, 11) is 0. The van der Waals surface area contributed by atoms with Crippen molar-refractivity contribution in [2.24, 2.45) is 0 Å². The predicted octanol–water partition coefficient (Wildman–Crippen LogP) is 5.95. The van der Waals surface area contributed by atoms with Gasteiger partial charge in [-0.1, -0.05) is 38.0 Å². The topological polar surface area (TPSA) is 88.2 Å². The van der Waals surface area contributed by atoms with Gasteiger partial charge in [-0.2, -0.15) is 10.4 Å². The fraction of sp³-hybridized carbons (Fsp3) is 0.312. The molecule has 1 unspecified atom stereocenters. The zero-order chi connectivity index (χ0) is 27.7. The molecule has 0 N–H and O–H groups in total. The molecule has 0 aliphatic carbocycles. The van der Waals surface area contributed by atoms with Gasteiger partial charge in [0, 0.05) is 35.9 Å². The third kappa shape index (κ3) is 4.90. The second-order valence-corrected chi connectivity index (χ2v) is 10.3. The maximum atomic E-state index is 13.6. The van der Waals surface area contributed by atoms with Gasteiger partial charge < -0.3 is 4.74 Å². The Bertz CT molecular complexity index is 1560. The summed E-state index contributed by atoms with van der Waals surface area (Å²) < 4.78 is 7.81. The van der Waals surface area contributed by atoms with Crippen LogP contribution in [0.4, 0.5) is 0 Å². The highest BCUT2D eigenvalue weighted by Crippen LogP contribution is 2.38. The monoisotopic (exact) mass is 520 g/mol. The number of ether oxygens (including phenoxy) is 1. The molecule has 0 fully saturated rings. The van der Waals surface area contributed by atoms with Crippen molar-refractivity contribution in [2.45, 2.75) is 59.5 Å². The summed E-state index contributed by atoms with van der Waals surface area (Å²) >= 11 is 0. The average Bonchev–Trinajstić information content (AvgIpc) is 3.52. The van der Waals surface area contributed by atoms with E-state index in [9.17, 15) is 14.9 Å². The highest BCUT2D eigenvalue weighted by molar-refractivity contribution is 6.19. The smallest absolute Gasteiger partial charge is 0.271 e. The molecule has 1 atom stereocenters. The van der Waals surface area contributed by atoms with Gasteiger partial charge in [0.05, 0.1) is 11.4 Å². The van der Waals surface area contributed by atoms with Crippen molar-refractivity contribution in [3.63, 3.8) is 0 Å². The van der Waals surface area contributed by atoms with Crippen LogP contribution in [0.5, 0.6) is 5.75 Å². The Labute approximate surface area is 229 Å². The lowest BCUT2D eigenvalue weighted by Gasteiger charge is -2.27. The summed E-state index contributed by atoms with van der Waals surface area (Å²) in [5, 5.41) is 14.7. The fourth-order valence-electron chi connectivity index (χ4n) is 5.29. The van der Waals surface area contributed by atoms with Crippen molar-refractivity contribution in [1.29, 1.82) is 5.26 Å². The third-order valence-corrected chi connectivity index (χ3v) is 7.33. The van der Waals surface area contributed by atoms with Gasteiger partial charge in [0.15, 0.2) is 0 Å². The summed E-state index contributed by atoms with van der Waals surface area (Å²) in [4.78, 5) is 27.8. The number of imide groups is 1. The average molecular weight is 521 g/mol. The van der Waals surface area contributed by atoms with E-state index in [2.05, 4.69) is 26.0 Å². The molecule has 0 saturated heterocycles. The lowest BCUT2D eigenvalue weighted by Crippen LogP contribution is -2.43. The maximum absolute atomic E-state index is 13.6. The Morgan fingerprint density at radius 2 is 1.90 bits per heavy atom. The molecule has 2 aromatic carbocycles. The number of rotatable bonds is 7. The number of carbonyl (C=O) groups excluding carboxylic acids is 2. The Kier molecular flexibility index (Phi) is 7.21. The quantitative estimate of drug-likeness (QED) is 0.218. The molecule has 3 heterocycles. The molecule has 0 radical (unpaired) electrons. The number of hydrogen-bond acceptors (Lipinski definition) is 5. The number of benzene rings is 2. The lowest BCUT2D eigenvalue weighted by molar-refractivity contribution is -0.140. The second kappa shape index (κ2) is 10.7. The largest absolute Gasteiger partial charge is 0.490 e. The minimum atomic E-state index is -0.517. The molecule has 0 spiro atoms. The standard InChI is InChI=1S/C32H32N4O3/c1-5-6-10-13-35-31(37)27(22(4)28(18-33)32(35)38)17-25-19-36(26-11-8-7-9-12-26)34-29(25)23-14-20(2)30-24(16-23)15-21(3)39-30/h7-9,11-12,14,16-17,19,21H,5-6,10,13,15H2,1-4H3. The summed E-state index contributed by atoms with van der Waals surface area (Å²) in [5.41, 5.74) is 6.16. The van der Waals surface area contributed by atoms with Gasteiger partial charge in [-0.25, -0.2) is 4.68 Å². The molecule has 7 nitrogen and oxygen atoms in total. The highest BCUT2D eigenvalue weighted by atomic mass is 16.5. The van der Waals surface area contributed by atoms with Crippen molar-refractivity contribution in [3.8, 4) is 28.8 Å². The predicted molar refractivity (Wildman–Crippen MR) is 150 cm³/mol. The third-order valence-electron chi connectivity index (χ3n) is 7.33. The minimum Gasteiger partial charge on any atom is -0.490 e. The van der Waals surface area contributed by atoms with E-state index in [0.717, 1.165) is 53.0 Å². The van der Waals surface area contributed by atoms with E-state index in [1.54, 1.807) is 17.7 Å². The van der Waals surface area contributed by atoms with Gasteiger partial charge in [0.2, 0.25) is 0 Å². The number of nitrogens with zero attached hydrogens (tertiary/aromatic N) is 4. The first-order chi connectivity index (χ1) is 18.8. The number of nitriles is 1. The van der Waals surface area contributed by atoms with Crippen molar-refractivity contribution >= 4 is 17.9 Å². The van der Waals surface area contributed by atoms with Crippen LogP contribution < -0.4 is 4.74 Å². The highest BCUT2D eigenvalue weighted by Gasteiger charge is 2.35. The van der Waals surface area contributed by atoms with Crippen LogP contribution in [0.3, 0.4) is 0 Å². The first kappa shape index (κ1) is 26.2. The van der Waals surface area contributed by atoms with E-state index in [4.69, 9.17) is 9.84 Å². The number of amides is 2. The maximum Gasteiger partial charge on any atom is 0.271 e. The van der Waals surface area contributed by atoms with E-state index < -0.39 is 5.91 Å². The first-order valence-electron chi connectivity index (χ1n) is 13.5. The number of aromatic nitrogens is 2. The van der Waals surface area contributed by atoms with Crippen molar-refractivity contribution < 1.29 is 14.3 Å². The molecule has 198 valence electrons. The van der Waals surface area contributed by atoms with Crippen LogP contribution in [0, 0.1) is 18.3 Å². The van der Waals surface area contributed by atoms with E-state index >= 15 is 0 Å². The van der Waals surface area contributed by atoms with Crippen molar-refractivity contribution in [3.05, 3.63) is 82.1 Å². The molecule has 1 aromatic heterocycles. The fourth-order valence-corrected chi connectivity index (χ4v) is 5.29. The van der Waals surface area contributed by atoms with Gasteiger partial charge in [-0.15, -0.1) is 0 Å². The molecular weight excluding hydrogens is 488 g/mol. The van der Waals surface area contributed by atoms with Crippen LogP contribution in [0.25, 0.3) is 23.0 Å². The van der Waals surface area contributed by atoms with Crippen LogP contribution in [0.2, 0.25) is 0 Å². The SMILES string of the molecule is CCCCCN1C(=O)C(=Cc2cn(-c3ccccc3)nc2-c2cc(C)c3c(c2)CC(C)O3)C(C)=C(C#N)C1=O. The van der Waals surface area contributed by atoms with E-state index in [0.29, 0.717) is 29.8 Å². The van der Waals surface area contributed by atoms with Gasteiger partial charge in [0.1, 0.15) is 23.5 Å². The zero-order valence-corrected chi connectivity index (χ0v) is 22.8. The lowest BCUT2D eigenvalue weighted by atomic mass is 9.92. The summed E-state index contributed by atoms with van der Waals surface area (Å²) in [6, 6.07) is 16.0. The van der Waals surface area contributed by atoms with Crippen LogP contribution >= 0.6 is 0 Å². The zero-order valence-electron chi connectivity index (χ0n) is 22.8. The second-order valence-electron chi connectivity index (χ2n) is 10.3. The number of carbonyl (C=O) groups is 2. The minimum absolute atomic E-state index is 0.00820. The van der Waals surface area contributed by atoms with E-state index in [-0.39, 0.29) is 17.6 Å². The van der Waals surface area contributed by atoms with Crippen molar-refractivity contribution in [2.75, 3.05) is 6.54 Å². The van der Waals surface area contributed by atoms with E-state index in [1.165, 1.54) is 4.90 Å². The molecule has 7 heteroatoms. The van der Waals surface area contributed by atoms with Crippen LogP contribution in [0.1, 0.15) is 56.7 Å². The molecule has 5 rings (SSSR count). The summed E-state index contributed by atoms with van der Waals surface area (Å²) in [6.07, 6.45) is 7.16. The van der Waals surface area contributed by atoms with Crippen LogP contribution in [0.15, 0.2) is 65.4 Å². The number of para-hydroxylation sites is 1. The number of hydrogen-bond donors (Lipinski definition) is 0. The molecule has 2 aliphatic rings. The molecule has 2 aliphatic heterocycles. The number of unbranched alkanes of at least 4 members (excludes halogenated alkanes) is 2. The van der Waals surface area contributed by atoms with Gasteiger partial charge in [-0.3, -0.25) is 14.5 Å². The Balaban J connectivity index is 1.66. The van der Waals surface area contributed by atoms with Gasteiger partial charge in [0.25, 0.3) is 11.8 Å². The molecular formula is C32H32N4O3. The summed E-state index contributed by atoms with van der Waals surface area (Å²) in [5.74, 6) is 0.0324. The molecule has 39 heavy (non-hydrogen) atoms. The van der Waals surface area contributed by atoms with Crippen molar-refractivity contribution in [1.82, 2.24) is 14.7 Å². The van der Waals surface area contributed by atoms with Crippen LogP contribution in [-0.2, 0) is 16.0 Å². The Hall–Kier alpha value is -4.44. The molecule has 2 amide bonds. The number of fused-ring (bicyclic) bond motifs is 1. The first-order valence-corrected chi connectivity index (χ1v) is 13.5. The van der Waals surface area contributed by atoms with E-state index in [1.807, 2.05) is 49.5 Å². The normalized spacial score (nSPS) is 18.0. The Morgan fingerprint density at radius 1 is 1.13 bits per heavy atom. The van der Waals surface area contributed by atoms with Crippen LogP contribution in [-0.4, -0.2) is 39.1 Å².